The molecule has 1 saturated heterocycles. The third-order valence-electron chi connectivity index (χ3n) is 9.02. The smallest absolute Gasteiger partial charge is 0.281 e. The molecule has 2 N–H and O–H groups in total. The van der Waals surface area contributed by atoms with Gasteiger partial charge in [0.15, 0.2) is 10.6 Å². The van der Waals surface area contributed by atoms with Crippen molar-refractivity contribution in [1.29, 1.82) is 0 Å². The Morgan fingerprint density at radius 2 is 1.87 bits per heavy atom. The molecule has 1 aromatic heterocycles. The summed E-state index contributed by atoms with van der Waals surface area (Å²) in [6, 6.07) is 10.3. The number of hydrogen-bond acceptors (Lipinski definition) is 7. The van der Waals surface area contributed by atoms with Crippen molar-refractivity contribution in [2.75, 3.05) is 18.0 Å². The number of anilines is 1. The maximum absolute atomic E-state index is 13.6. The first-order valence-corrected chi connectivity index (χ1v) is 15.5. The molecule has 4 fully saturated rings. The number of nitrogens with zero attached hydrogens (tertiary/aromatic N) is 2. The van der Waals surface area contributed by atoms with Crippen LogP contribution in [-0.2, 0) is 14.8 Å². The number of nitrogens with one attached hydrogen (secondary N) is 1. The molecule has 38 heavy (non-hydrogen) atoms. The topological polar surface area (TPSA) is 109 Å². The molecule has 1 amide bonds. The number of aliphatic hydroxyl groups excluding tert-OH is 1. The third-order valence-corrected chi connectivity index (χ3v) is 10.5. The molecule has 1 spiro atoms. The number of β-amino-alcohol motifs (C(OH)–C–C–N with tert-alkyl or cyclic N) is 1. The Kier molecular flexibility index (Phi) is 6.60. The van der Waals surface area contributed by atoms with Gasteiger partial charge in [0.05, 0.1) is 6.10 Å². The van der Waals surface area contributed by atoms with E-state index >= 15 is 0 Å². The molecular formula is C28H34ClN3O5S. The lowest BCUT2D eigenvalue weighted by molar-refractivity contribution is -0.134. The number of aromatic nitrogens is 1. The van der Waals surface area contributed by atoms with Crippen LogP contribution >= 0.6 is 11.6 Å². The second-order valence-corrected chi connectivity index (χ2v) is 13.7. The number of pyridine rings is 1. The summed E-state index contributed by atoms with van der Waals surface area (Å²) in [4.78, 5) is 19.8. The highest BCUT2D eigenvalue weighted by Crippen LogP contribution is 2.63. The minimum absolute atomic E-state index is 0.235. The van der Waals surface area contributed by atoms with Crippen LogP contribution in [0.15, 0.2) is 41.4 Å². The number of aliphatic hydroxyl groups is 1. The summed E-state index contributed by atoms with van der Waals surface area (Å²) in [6.45, 7) is 0.981. The Hall–Kier alpha value is -2.36. The van der Waals surface area contributed by atoms with Gasteiger partial charge in [-0.2, -0.15) is 8.42 Å². The molecule has 1 atom stereocenters. The van der Waals surface area contributed by atoms with Crippen molar-refractivity contribution >= 4 is 33.3 Å². The number of hydrogen-bond donors (Lipinski definition) is 2. The van der Waals surface area contributed by atoms with Crippen LogP contribution in [0.4, 0.5) is 5.82 Å². The SMILES string of the molecule is O=C(NS(=O)(=O)c1cccc(N2CCC(O)C2)n1)C1(Oc2cc(Cl)ccc2C2CC3(CCC3)C2)CCCC1. The summed E-state index contributed by atoms with van der Waals surface area (Å²) in [6.07, 6.45) is 8.62. The van der Waals surface area contributed by atoms with Gasteiger partial charge in [-0.05, 0) is 98.9 Å². The average molecular weight is 560 g/mol. The molecule has 3 aliphatic carbocycles. The highest BCUT2D eigenvalue weighted by atomic mass is 35.5. The third kappa shape index (κ3) is 4.77. The number of carbonyl (C=O) groups is 1. The molecule has 2 heterocycles. The molecule has 1 aromatic carbocycles. The van der Waals surface area contributed by atoms with Gasteiger partial charge in [0.2, 0.25) is 0 Å². The fraction of sp³-hybridized carbons (Fsp3) is 0.571. The molecule has 8 nitrogen and oxygen atoms in total. The van der Waals surface area contributed by atoms with Gasteiger partial charge in [-0.15, -0.1) is 0 Å². The van der Waals surface area contributed by atoms with Crippen LogP contribution in [0.25, 0.3) is 0 Å². The highest BCUT2D eigenvalue weighted by molar-refractivity contribution is 7.90. The van der Waals surface area contributed by atoms with Crippen molar-refractivity contribution in [3.8, 4) is 5.75 Å². The highest BCUT2D eigenvalue weighted by Gasteiger charge is 2.50. The zero-order chi connectivity index (χ0) is 26.5. The molecule has 3 saturated carbocycles. The van der Waals surface area contributed by atoms with E-state index in [1.807, 2.05) is 17.0 Å². The Bertz CT molecular complexity index is 1330. The van der Waals surface area contributed by atoms with E-state index in [9.17, 15) is 18.3 Å². The molecule has 1 aliphatic heterocycles. The fourth-order valence-electron chi connectivity index (χ4n) is 6.70. The molecule has 6 rings (SSSR count). The maximum atomic E-state index is 13.6. The number of benzene rings is 1. The Balaban J connectivity index is 1.22. The summed E-state index contributed by atoms with van der Waals surface area (Å²) in [5, 5.41) is 10.1. The van der Waals surface area contributed by atoms with Crippen molar-refractivity contribution in [1.82, 2.24) is 9.71 Å². The van der Waals surface area contributed by atoms with Crippen LogP contribution in [0.5, 0.6) is 5.75 Å². The fourth-order valence-corrected chi connectivity index (χ4v) is 7.87. The standard InChI is InChI=1S/C28H34ClN3O5S/c29-20-7-8-22(19-16-27(17-19)10-4-11-27)23(15-20)37-28(12-1-2-13-28)26(34)31-38(35,36)25-6-3-5-24(30-25)32-14-9-21(33)18-32/h3,5-8,15,19,21,33H,1-2,4,9-14,16-18H2,(H,31,34). The lowest BCUT2D eigenvalue weighted by Crippen LogP contribution is -2.51. The number of halogens is 1. The van der Waals surface area contributed by atoms with Crippen LogP contribution in [-0.4, -0.2) is 49.2 Å². The second-order valence-electron chi connectivity index (χ2n) is 11.6. The van der Waals surface area contributed by atoms with E-state index in [4.69, 9.17) is 16.3 Å². The van der Waals surface area contributed by atoms with Gasteiger partial charge in [0, 0.05) is 18.1 Å². The lowest BCUT2D eigenvalue weighted by Gasteiger charge is -2.54. The number of sulfonamides is 1. The summed E-state index contributed by atoms with van der Waals surface area (Å²) < 4.78 is 35.3. The zero-order valence-electron chi connectivity index (χ0n) is 21.4. The van der Waals surface area contributed by atoms with Gasteiger partial charge < -0.3 is 14.7 Å². The number of carbonyl (C=O) groups excluding carboxylic acids is 1. The second kappa shape index (κ2) is 9.68. The van der Waals surface area contributed by atoms with E-state index in [0.29, 0.717) is 60.3 Å². The van der Waals surface area contributed by atoms with Crippen molar-refractivity contribution in [2.24, 2.45) is 5.41 Å². The first-order chi connectivity index (χ1) is 18.2. The van der Waals surface area contributed by atoms with Crippen molar-refractivity contribution in [3.63, 3.8) is 0 Å². The van der Waals surface area contributed by atoms with Crippen LogP contribution in [0.3, 0.4) is 0 Å². The first kappa shape index (κ1) is 25.9. The number of rotatable bonds is 7. The molecule has 4 aliphatic rings. The summed E-state index contributed by atoms with van der Waals surface area (Å²) in [5.74, 6) is 0.730. The Morgan fingerprint density at radius 1 is 1.11 bits per heavy atom. The van der Waals surface area contributed by atoms with Crippen molar-refractivity contribution < 1.29 is 23.1 Å². The van der Waals surface area contributed by atoms with E-state index in [2.05, 4.69) is 9.71 Å². The van der Waals surface area contributed by atoms with Gasteiger partial charge in [0.1, 0.15) is 11.6 Å². The Morgan fingerprint density at radius 3 is 2.53 bits per heavy atom. The molecule has 2 aromatic rings. The Labute approximate surface area is 228 Å². The van der Waals surface area contributed by atoms with Crippen LogP contribution in [0.1, 0.15) is 75.7 Å². The van der Waals surface area contributed by atoms with Gasteiger partial charge >= 0.3 is 0 Å². The van der Waals surface area contributed by atoms with E-state index in [1.165, 1.54) is 25.3 Å². The summed E-state index contributed by atoms with van der Waals surface area (Å²) in [7, 11) is -4.24. The molecular weight excluding hydrogens is 526 g/mol. The lowest BCUT2D eigenvalue weighted by atomic mass is 9.50. The predicted octanol–water partition coefficient (Wildman–Crippen LogP) is 4.55. The minimum atomic E-state index is -4.24. The van der Waals surface area contributed by atoms with E-state index in [1.54, 1.807) is 18.2 Å². The number of ether oxygens (including phenoxy) is 1. The average Bonchev–Trinajstić information content (AvgIpc) is 3.48. The largest absolute Gasteiger partial charge is 0.477 e. The van der Waals surface area contributed by atoms with Crippen LogP contribution < -0.4 is 14.4 Å². The summed E-state index contributed by atoms with van der Waals surface area (Å²) in [5.41, 5.74) is 0.240. The summed E-state index contributed by atoms with van der Waals surface area (Å²) >= 11 is 6.35. The van der Waals surface area contributed by atoms with E-state index < -0.39 is 27.6 Å². The van der Waals surface area contributed by atoms with E-state index in [-0.39, 0.29) is 5.03 Å². The minimum Gasteiger partial charge on any atom is -0.477 e. The zero-order valence-corrected chi connectivity index (χ0v) is 22.9. The number of amides is 1. The van der Waals surface area contributed by atoms with Crippen LogP contribution in [0, 0.1) is 5.41 Å². The molecule has 204 valence electrons. The first-order valence-electron chi connectivity index (χ1n) is 13.6. The molecule has 0 bridgehead atoms. The maximum Gasteiger partial charge on any atom is 0.281 e. The van der Waals surface area contributed by atoms with Gasteiger partial charge in [-0.3, -0.25) is 4.79 Å². The molecule has 1 unspecified atom stereocenters. The van der Waals surface area contributed by atoms with Crippen LogP contribution in [0.2, 0.25) is 5.02 Å². The predicted molar refractivity (Wildman–Crippen MR) is 144 cm³/mol. The quantitative estimate of drug-likeness (QED) is 0.512. The molecule has 10 heteroatoms. The monoisotopic (exact) mass is 559 g/mol. The molecule has 0 radical (unpaired) electrons. The van der Waals surface area contributed by atoms with Gasteiger partial charge in [-0.25, -0.2) is 9.71 Å². The normalized spacial score (nSPS) is 24.2. The van der Waals surface area contributed by atoms with Crippen molar-refractivity contribution in [3.05, 3.63) is 47.0 Å². The van der Waals surface area contributed by atoms with Gasteiger partial charge in [-0.1, -0.05) is 30.2 Å². The van der Waals surface area contributed by atoms with E-state index in [0.717, 1.165) is 31.2 Å². The van der Waals surface area contributed by atoms with Crippen molar-refractivity contribution in [2.45, 2.75) is 86.9 Å². The van der Waals surface area contributed by atoms with Gasteiger partial charge in [0.25, 0.3) is 15.9 Å².